The van der Waals surface area contributed by atoms with E-state index in [1.807, 2.05) is 45.1 Å². The molecule has 4 heteroatoms. The van der Waals surface area contributed by atoms with Crippen molar-refractivity contribution < 1.29 is 4.39 Å². The van der Waals surface area contributed by atoms with Crippen LogP contribution in [0.3, 0.4) is 0 Å². The van der Waals surface area contributed by atoms with Crippen molar-refractivity contribution in [3.05, 3.63) is 81.9 Å². The van der Waals surface area contributed by atoms with E-state index in [1.165, 1.54) is 6.07 Å². The van der Waals surface area contributed by atoms with E-state index in [4.69, 9.17) is 11.6 Å². The molecular formula is C22H24ClFN2. The third-order valence-electron chi connectivity index (χ3n) is 4.00. The Bertz CT molecular complexity index is 867. The molecule has 1 aliphatic carbocycles. The molecule has 0 atom stereocenters. The Kier molecular flexibility index (Phi) is 7.16. The zero-order valence-electron chi connectivity index (χ0n) is 15.6. The molecule has 0 unspecified atom stereocenters. The molecule has 0 saturated heterocycles. The van der Waals surface area contributed by atoms with E-state index in [0.717, 1.165) is 28.9 Å². The van der Waals surface area contributed by atoms with Crippen LogP contribution in [0.1, 0.15) is 43.2 Å². The molecule has 2 aromatic rings. The zero-order chi connectivity index (χ0) is 19.1. The van der Waals surface area contributed by atoms with Gasteiger partial charge in [0.25, 0.3) is 0 Å². The van der Waals surface area contributed by atoms with Gasteiger partial charge in [-0.15, -0.1) is 0 Å². The first-order valence-electron chi connectivity index (χ1n) is 8.80. The van der Waals surface area contributed by atoms with Crippen LogP contribution >= 0.6 is 11.6 Å². The molecular weight excluding hydrogens is 347 g/mol. The lowest BCUT2D eigenvalue weighted by molar-refractivity contribution is 0.619. The van der Waals surface area contributed by atoms with Gasteiger partial charge in [0.1, 0.15) is 5.82 Å². The summed E-state index contributed by atoms with van der Waals surface area (Å²) < 4.78 is 13.9. The fourth-order valence-electron chi connectivity index (χ4n) is 2.69. The SMILES string of the molecule is C/C=C(/Nc1cc(F)c(C)cc1Cl)c1nccc2c1CC=CC=C2.CC. The number of halogens is 2. The maximum absolute atomic E-state index is 13.9. The summed E-state index contributed by atoms with van der Waals surface area (Å²) in [6.07, 6.45) is 12.7. The Balaban J connectivity index is 0.00000117. The molecule has 26 heavy (non-hydrogen) atoms. The summed E-state index contributed by atoms with van der Waals surface area (Å²) in [5.41, 5.74) is 4.98. The molecule has 1 N–H and O–H groups in total. The lowest BCUT2D eigenvalue weighted by Gasteiger charge is -2.16. The molecule has 0 bridgehead atoms. The summed E-state index contributed by atoms with van der Waals surface area (Å²) in [5.74, 6) is -0.289. The molecule has 2 nitrogen and oxygen atoms in total. The third-order valence-corrected chi connectivity index (χ3v) is 4.31. The summed E-state index contributed by atoms with van der Waals surface area (Å²) in [4.78, 5) is 4.54. The molecule has 0 saturated carbocycles. The molecule has 0 amide bonds. The second-order valence-electron chi connectivity index (χ2n) is 5.63. The molecule has 1 aliphatic rings. The van der Waals surface area contributed by atoms with Gasteiger partial charge in [0.15, 0.2) is 0 Å². The second kappa shape index (κ2) is 9.35. The van der Waals surface area contributed by atoms with Crippen molar-refractivity contribution in [2.24, 2.45) is 0 Å². The average Bonchev–Trinajstić information content (AvgIpc) is 2.91. The first-order valence-corrected chi connectivity index (χ1v) is 9.18. The van der Waals surface area contributed by atoms with E-state index < -0.39 is 0 Å². The summed E-state index contributed by atoms with van der Waals surface area (Å²) >= 11 is 6.26. The molecule has 1 heterocycles. The predicted molar refractivity (Wildman–Crippen MR) is 111 cm³/mol. The minimum Gasteiger partial charge on any atom is -0.353 e. The first kappa shape index (κ1) is 19.9. The molecule has 1 aromatic heterocycles. The van der Waals surface area contributed by atoms with Crippen molar-refractivity contribution >= 4 is 29.1 Å². The van der Waals surface area contributed by atoms with E-state index >= 15 is 0 Å². The molecule has 0 aliphatic heterocycles. The van der Waals surface area contributed by atoms with Crippen LogP contribution < -0.4 is 5.32 Å². The van der Waals surface area contributed by atoms with Gasteiger partial charge in [0.2, 0.25) is 0 Å². The number of nitrogens with zero attached hydrogens (tertiary/aromatic N) is 1. The smallest absolute Gasteiger partial charge is 0.128 e. The minimum absolute atomic E-state index is 0.289. The van der Waals surface area contributed by atoms with E-state index in [2.05, 4.69) is 22.5 Å². The number of fused-ring (bicyclic) bond motifs is 1. The Morgan fingerprint density at radius 1 is 1.27 bits per heavy atom. The van der Waals surface area contributed by atoms with Crippen LogP contribution in [0.25, 0.3) is 11.8 Å². The topological polar surface area (TPSA) is 24.9 Å². The van der Waals surface area contributed by atoms with Crippen molar-refractivity contribution in [3.8, 4) is 0 Å². The van der Waals surface area contributed by atoms with Crippen molar-refractivity contribution in [2.45, 2.75) is 34.1 Å². The van der Waals surface area contributed by atoms with Crippen LogP contribution in [0.2, 0.25) is 5.02 Å². The first-order chi connectivity index (χ1) is 12.6. The average molecular weight is 371 g/mol. The van der Waals surface area contributed by atoms with Gasteiger partial charge in [-0.05, 0) is 55.2 Å². The van der Waals surface area contributed by atoms with Gasteiger partial charge in [-0.25, -0.2) is 4.39 Å². The predicted octanol–water partition coefficient (Wildman–Crippen LogP) is 6.81. The lowest BCUT2D eigenvalue weighted by Crippen LogP contribution is -2.06. The number of nitrogens with one attached hydrogen (secondary N) is 1. The van der Waals surface area contributed by atoms with Crippen LogP contribution in [-0.2, 0) is 6.42 Å². The van der Waals surface area contributed by atoms with Crippen molar-refractivity contribution in [3.63, 3.8) is 0 Å². The molecule has 0 fully saturated rings. The molecule has 0 radical (unpaired) electrons. The number of aromatic nitrogens is 1. The summed E-state index contributed by atoms with van der Waals surface area (Å²) in [6, 6.07) is 5.04. The highest BCUT2D eigenvalue weighted by atomic mass is 35.5. The highest BCUT2D eigenvalue weighted by Gasteiger charge is 2.14. The Hall–Kier alpha value is -2.39. The van der Waals surface area contributed by atoms with Crippen LogP contribution in [0.5, 0.6) is 0 Å². The number of hydrogen-bond donors (Lipinski definition) is 1. The second-order valence-corrected chi connectivity index (χ2v) is 6.03. The maximum atomic E-state index is 13.9. The highest BCUT2D eigenvalue weighted by Crippen LogP contribution is 2.30. The fourth-order valence-corrected chi connectivity index (χ4v) is 2.95. The third kappa shape index (κ3) is 4.41. The Labute approximate surface area is 160 Å². The maximum Gasteiger partial charge on any atom is 0.128 e. The number of hydrogen-bond acceptors (Lipinski definition) is 2. The normalized spacial score (nSPS) is 12.8. The van der Waals surface area contributed by atoms with Crippen molar-refractivity contribution in [1.29, 1.82) is 0 Å². The quantitative estimate of drug-likeness (QED) is 0.642. The number of pyridine rings is 1. The van der Waals surface area contributed by atoms with Gasteiger partial charge in [-0.3, -0.25) is 4.98 Å². The molecule has 0 spiro atoms. The van der Waals surface area contributed by atoms with E-state index in [1.54, 1.807) is 19.2 Å². The zero-order valence-corrected chi connectivity index (χ0v) is 16.4. The fraction of sp³-hybridized carbons (Fsp3) is 0.227. The number of rotatable bonds is 3. The highest BCUT2D eigenvalue weighted by molar-refractivity contribution is 6.33. The molecule has 1 aromatic carbocycles. The van der Waals surface area contributed by atoms with Crippen LogP contribution in [0.15, 0.2) is 48.7 Å². The van der Waals surface area contributed by atoms with Crippen LogP contribution in [-0.4, -0.2) is 4.98 Å². The molecule has 136 valence electrons. The van der Waals surface area contributed by atoms with Crippen molar-refractivity contribution in [2.75, 3.05) is 5.32 Å². The van der Waals surface area contributed by atoms with Crippen molar-refractivity contribution in [1.82, 2.24) is 4.98 Å². The number of anilines is 1. The molecule has 3 rings (SSSR count). The number of allylic oxidation sites excluding steroid dienone is 4. The number of benzene rings is 1. The Morgan fingerprint density at radius 2 is 2.04 bits per heavy atom. The van der Waals surface area contributed by atoms with E-state index in [-0.39, 0.29) is 5.82 Å². The summed E-state index contributed by atoms with van der Waals surface area (Å²) in [7, 11) is 0. The van der Waals surface area contributed by atoms with Gasteiger partial charge in [0.05, 0.1) is 22.1 Å². The lowest BCUT2D eigenvalue weighted by atomic mass is 10.0. The monoisotopic (exact) mass is 370 g/mol. The van der Waals surface area contributed by atoms with Gasteiger partial charge < -0.3 is 5.32 Å². The van der Waals surface area contributed by atoms with Gasteiger partial charge in [0, 0.05) is 6.20 Å². The standard InChI is InChI=1S/C20H18ClFN2.C2H6/c1-3-18(24-19-12-17(22)13(2)11-16(19)21)20-15-8-6-4-5-7-14(15)9-10-23-20;1-2/h3-7,9-12,24H,8H2,1-2H3;1-2H3/b18-3+;. The Morgan fingerprint density at radius 3 is 2.77 bits per heavy atom. The summed E-state index contributed by atoms with van der Waals surface area (Å²) in [5, 5.41) is 3.71. The van der Waals surface area contributed by atoms with Gasteiger partial charge in [-0.1, -0.05) is 55.8 Å². The van der Waals surface area contributed by atoms with Crippen LogP contribution in [0.4, 0.5) is 10.1 Å². The van der Waals surface area contributed by atoms with Gasteiger partial charge in [-0.2, -0.15) is 0 Å². The van der Waals surface area contributed by atoms with Gasteiger partial charge >= 0.3 is 0 Å². The number of aryl methyl sites for hydroxylation is 1. The van der Waals surface area contributed by atoms with E-state index in [0.29, 0.717) is 16.3 Å². The van der Waals surface area contributed by atoms with E-state index in [9.17, 15) is 4.39 Å². The largest absolute Gasteiger partial charge is 0.353 e. The minimum atomic E-state index is -0.289. The van der Waals surface area contributed by atoms with Crippen LogP contribution in [0, 0.1) is 12.7 Å². The summed E-state index contributed by atoms with van der Waals surface area (Å²) in [6.45, 7) is 7.61.